The van der Waals surface area contributed by atoms with Crippen LogP contribution in [0.5, 0.6) is 0 Å². The van der Waals surface area contributed by atoms with Gasteiger partial charge in [-0.05, 0) is 55.5 Å². The van der Waals surface area contributed by atoms with E-state index in [4.69, 9.17) is 0 Å². The summed E-state index contributed by atoms with van der Waals surface area (Å²) in [6, 6.07) is 7.47. The molecule has 1 saturated carbocycles. The molecule has 0 radical (unpaired) electrons. The third-order valence-corrected chi connectivity index (χ3v) is 5.24. The molecular weight excluding hydrogens is 257 g/mol. The number of thioether (sulfide) groups is 1. The fraction of sp³-hybridized carbons (Fsp3) is 0.625. The average Bonchev–Trinajstić information content (AvgIpc) is 2.35. The first-order valence-electron chi connectivity index (χ1n) is 7.16. The van der Waals surface area contributed by atoms with E-state index in [1.54, 1.807) is 12.1 Å². The Morgan fingerprint density at radius 2 is 2.00 bits per heavy atom. The Labute approximate surface area is 120 Å². The quantitative estimate of drug-likeness (QED) is 0.873. The monoisotopic (exact) mass is 281 g/mol. The molecule has 0 spiro atoms. The third-order valence-electron chi connectivity index (χ3n) is 3.90. The molecule has 106 valence electrons. The summed E-state index contributed by atoms with van der Waals surface area (Å²) in [7, 11) is 0. The predicted molar refractivity (Wildman–Crippen MR) is 81.1 cm³/mol. The van der Waals surface area contributed by atoms with Crippen molar-refractivity contribution in [3.63, 3.8) is 0 Å². The molecule has 1 nitrogen and oxygen atoms in total. The first-order valence-corrected chi connectivity index (χ1v) is 8.04. The van der Waals surface area contributed by atoms with Gasteiger partial charge in [-0.2, -0.15) is 0 Å². The number of hydrogen-bond donors (Lipinski definition) is 1. The maximum absolute atomic E-state index is 13.0. The lowest BCUT2D eigenvalue weighted by atomic mass is 9.75. The van der Waals surface area contributed by atoms with Crippen LogP contribution >= 0.6 is 11.8 Å². The minimum Gasteiger partial charge on any atom is -0.313 e. The van der Waals surface area contributed by atoms with Crippen molar-refractivity contribution in [1.82, 2.24) is 5.32 Å². The van der Waals surface area contributed by atoms with Gasteiger partial charge in [-0.3, -0.25) is 0 Å². The highest BCUT2D eigenvalue weighted by Crippen LogP contribution is 2.42. The number of rotatable bonds is 4. The molecule has 3 heteroatoms. The third kappa shape index (κ3) is 4.22. The Hall–Kier alpha value is -0.540. The van der Waals surface area contributed by atoms with Crippen molar-refractivity contribution in [3.8, 4) is 0 Å². The van der Waals surface area contributed by atoms with Crippen LogP contribution < -0.4 is 5.32 Å². The van der Waals surface area contributed by atoms with Crippen molar-refractivity contribution in [2.24, 2.45) is 5.41 Å². The lowest BCUT2D eigenvalue weighted by Gasteiger charge is -2.40. The second-order valence-corrected chi connectivity index (χ2v) is 7.49. The fourth-order valence-corrected chi connectivity index (χ4v) is 4.40. The van der Waals surface area contributed by atoms with Crippen LogP contribution in [0.2, 0.25) is 0 Å². The first kappa shape index (κ1) is 14.9. The van der Waals surface area contributed by atoms with Gasteiger partial charge in [0.2, 0.25) is 0 Å². The van der Waals surface area contributed by atoms with Crippen LogP contribution in [0.3, 0.4) is 0 Å². The number of halogens is 1. The van der Waals surface area contributed by atoms with Crippen LogP contribution in [0.15, 0.2) is 29.2 Å². The molecule has 1 aliphatic carbocycles. The highest BCUT2D eigenvalue weighted by molar-refractivity contribution is 8.00. The molecule has 1 aromatic carbocycles. The average molecular weight is 281 g/mol. The number of hydrogen-bond acceptors (Lipinski definition) is 2. The molecule has 1 N–H and O–H groups in total. The molecule has 0 aliphatic heterocycles. The lowest BCUT2D eigenvalue weighted by Crippen LogP contribution is -2.44. The van der Waals surface area contributed by atoms with E-state index in [9.17, 15) is 4.39 Å². The van der Waals surface area contributed by atoms with E-state index in [2.05, 4.69) is 26.1 Å². The highest BCUT2D eigenvalue weighted by atomic mass is 32.2. The Morgan fingerprint density at radius 1 is 1.32 bits per heavy atom. The largest absolute Gasteiger partial charge is 0.313 e. The standard InChI is InChI=1S/C16H24FNS/c1-4-18-14-9-10-16(2,3)11-15(14)19-13-7-5-12(17)6-8-13/h5-8,14-15,18H,4,9-11H2,1-3H3. The molecule has 19 heavy (non-hydrogen) atoms. The van der Waals surface area contributed by atoms with Crippen molar-refractivity contribution in [2.45, 2.75) is 56.2 Å². The van der Waals surface area contributed by atoms with E-state index in [1.165, 1.54) is 24.2 Å². The zero-order valence-corrected chi connectivity index (χ0v) is 12.9. The Kier molecular flexibility index (Phi) is 4.91. The summed E-state index contributed by atoms with van der Waals surface area (Å²) in [4.78, 5) is 1.17. The van der Waals surface area contributed by atoms with Crippen LogP contribution in [0.4, 0.5) is 4.39 Å². The smallest absolute Gasteiger partial charge is 0.123 e. The van der Waals surface area contributed by atoms with Crippen LogP contribution in [0.25, 0.3) is 0 Å². The summed E-state index contributed by atoms with van der Waals surface area (Å²) in [5.41, 5.74) is 0.420. The van der Waals surface area contributed by atoms with Gasteiger partial charge in [0.05, 0.1) is 0 Å². The maximum atomic E-state index is 13.0. The van der Waals surface area contributed by atoms with Gasteiger partial charge < -0.3 is 5.32 Å². The topological polar surface area (TPSA) is 12.0 Å². The van der Waals surface area contributed by atoms with Crippen molar-refractivity contribution < 1.29 is 4.39 Å². The lowest BCUT2D eigenvalue weighted by molar-refractivity contribution is 0.215. The van der Waals surface area contributed by atoms with Gasteiger partial charge in [0.25, 0.3) is 0 Å². The van der Waals surface area contributed by atoms with E-state index >= 15 is 0 Å². The van der Waals surface area contributed by atoms with E-state index < -0.39 is 0 Å². The van der Waals surface area contributed by atoms with Crippen LogP contribution in [-0.2, 0) is 0 Å². The normalized spacial score (nSPS) is 26.3. The predicted octanol–water partition coefficient (Wildman–Crippen LogP) is 4.47. The Morgan fingerprint density at radius 3 is 2.63 bits per heavy atom. The van der Waals surface area contributed by atoms with Gasteiger partial charge in [-0.1, -0.05) is 20.8 Å². The minimum absolute atomic E-state index is 0.156. The summed E-state index contributed by atoms with van der Waals surface area (Å²) in [5.74, 6) is -0.156. The van der Waals surface area contributed by atoms with Gasteiger partial charge in [-0.15, -0.1) is 11.8 Å². The van der Waals surface area contributed by atoms with E-state index in [0.29, 0.717) is 16.7 Å². The SMILES string of the molecule is CCNC1CCC(C)(C)CC1Sc1ccc(F)cc1. The summed E-state index contributed by atoms with van der Waals surface area (Å²) < 4.78 is 13.0. The minimum atomic E-state index is -0.156. The molecule has 0 bridgehead atoms. The second kappa shape index (κ2) is 6.27. The molecule has 2 unspecified atom stereocenters. The number of benzene rings is 1. The zero-order chi connectivity index (χ0) is 13.9. The summed E-state index contributed by atoms with van der Waals surface area (Å²) >= 11 is 1.89. The molecular formula is C16H24FNS. The van der Waals surface area contributed by atoms with Crippen molar-refractivity contribution in [2.75, 3.05) is 6.54 Å². The highest BCUT2D eigenvalue weighted by Gasteiger charge is 2.34. The van der Waals surface area contributed by atoms with Gasteiger partial charge in [0, 0.05) is 16.2 Å². The van der Waals surface area contributed by atoms with Crippen molar-refractivity contribution in [3.05, 3.63) is 30.1 Å². The Bertz CT molecular complexity index is 402. The van der Waals surface area contributed by atoms with E-state index in [0.717, 1.165) is 6.54 Å². The molecule has 0 amide bonds. The van der Waals surface area contributed by atoms with E-state index in [1.807, 2.05) is 23.9 Å². The molecule has 1 aromatic rings. The molecule has 2 atom stereocenters. The Balaban J connectivity index is 2.06. The molecule has 0 saturated heterocycles. The van der Waals surface area contributed by atoms with Crippen LogP contribution in [-0.4, -0.2) is 17.8 Å². The maximum Gasteiger partial charge on any atom is 0.123 e. The summed E-state index contributed by atoms with van der Waals surface area (Å²) in [6.07, 6.45) is 3.73. The zero-order valence-electron chi connectivity index (χ0n) is 12.1. The summed E-state index contributed by atoms with van der Waals surface area (Å²) in [6.45, 7) is 7.89. The molecule has 0 aromatic heterocycles. The first-order chi connectivity index (χ1) is 9.00. The second-order valence-electron chi connectivity index (χ2n) is 6.18. The molecule has 2 rings (SSSR count). The molecule has 0 heterocycles. The van der Waals surface area contributed by atoms with Gasteiger partial charge >= 0.3 is 0 Å². The van der Waals surface area contributed by atoms with Crippen molar-refractivity contribution >= 4 is 11.8 Å². The van der Waals surface area contributed by atoms with Crippen LogP contribution in [0.1, 0.15) is 40.0 Å². The fourth-order valence-electron chi connectivity index (χ4n) is 2.83. The van der Waals surface area contributed by atoms with Crippen molar-refractivity contribution in [1.29, 1.82) is 0 Å². The van der Waals surface area contributed by atoms with Gasteiger partial charge in [0.1, 0.15) is 5.82 Å². The molecule has 1 aliphatic rings. The summed E-state index contributed by atoms with van der Waals surface area (Å²) in [5, 5.41) is 4.19. The van der Waals surface area contributed by atoms with Gasteiger partial charge in [-0.25, -0.2) is 4.39 Å². The molecule has 1 fully saturated rings. The van der Waals surface area contributed by atoms with Crippen LogP contribution in [0, 0.1) is 11.2 Å². The van der Waals surface area contributed by atoms with E-state index in [-0.39, 0.29) is 5.82 Å². The van der Waals surface area contributed by atoms with Gasteiger partial charge in [0.15, 0.2) is 0 Å². The number of nitrogens with one attached hydrogen (secondary N) is 1.